The van der Waals surface area contributed by atoms with Crippen LogP contribution in [0.25, 0.3) is 0 Å². The SMILES string of the molecule is CC(C)C.CCc1ccc(O)cc1. The number of hydrogen-bond donors (Lipinski definition) is 1. The smallest absolute Gasteiger partial charge is 0.115 e. The first kappa shape index (κ1) is 12.0. The molecule has 0 saturated heterocycles. The molecule has 0 radical (unpaired) electrons. The molecule has 1 heteroatoms. The van der Waals surface area contributed by atoms with Gasteiger partial charge in [-0.15, -0.1) is 0 Å². The number of aryl methyl sites for hydroxylation is 1. The topological polar surface area (TPSA) is 20.2 Å². The van der Waals surface area contributed by atoms with E-state index in [1.807, 2.05) is 12.1 Å². The minimum atomic E-state index is 0.340. The quantitative estimate of drug-likeness (QED) is 0.700. The molecule has 0 aliphatic rings. The molecule has 1 aromatic carbocycles. The molecule has 0 saturated carbocycles. The summed E-state index contributed by atoms with van der Waals surface area (Å²) in [6, 6.07) is 7.27. The van der Waals surface area contributed by atoms with Gasteiger partial charge in [0.2, 0.25) is 0 Å². The lowest BCUT2D eigenvalue weighted by Gasteiger charge is -1.93. The van der Waals surface area contributed by atoms with Crippen LogP contribution in [0.1, 0.15) is 33.3 Å². The molecule has 0 aliphatic carbocycles. The van der Waals surface area contributed by atoms with Crippen molar-refractivity contribution in [2.75, 3.05) is 0 Å². The van der Waals surface area contributed by atoms with E-state index in [1.54, 1.807) is 12.1 Å². The van der Waals surface area contributed by atoms with Crippen LogP contribution in [0.15, 0.2) is 24.3 Å². The highest BCUT2D eigenvalue weighted by atomic mass is 16.3. The molecule has 0 fully saturated rings. The zero-order chi connectivity index (χ0) is 10.3. The summed E-state index contributed by atoms with van der Waals surface area (Å²) in [4.78, 5) is 0. The normalized spacial score (nSPS) is 9.31. The van der Waals surface area contributed by atoms with Crippen molar-refractivity contribution in [2.24, 2.45) is 5.92 Å². The predicted molar refractivity (Wildman–Crippen MR) is 58.0 cm³/mol. The summed E-state index contributed by atoms with van der Waals surface area (Å²) in [6.45, 7) is 8.59. The fourth-order valence-corrected chi connectivity index (χ4v) is 0.732. The Balaban J connectivity index is 0.000000310. The highest BCUT2D eigenvalue weighted by Crippen LogP contribution is 2.09. The molecule has 0 heterocycles. The Morgan fingerprint density at radius 1 is 1.08 bits per heavy atom. The van der Waals surface area contributed by atoms with Crippen LogP contribution in [0.3, 0.4) is 0 Å². The average Bonchev–Trinajstić information content (AvgIpc) is 2.05. The van der Waals surface area contributed by atoms with Gasteiger partial charge in [0.25, 0.3) is 0 Å². The maximum absolute atomic E-state index is 8.85. The second kappa shape index (κ2) is 6.53. The van der Waals surface area contributed by atoms with E-state index in [-0.39, 0.29) is 0 Å². The Bertz CT molecular complexity index is 208. The second-order valence-electron chi connectivity index (χ2n) is 3.75. The summed E-state index contributed by atoms with van der Waals surface area (Å²) in [7, 11) is 0. The number of rotatable bonds is 1. The first-order valence-corrected chi connectivity index (χ1v) is 4.84. The van der Waals surface area contributed by atoms with Gasteiger partial charge in [-0.05, 0) is 30.0 Å². The zero-order valence-electron chi connectivity index (χ0n) is 9.04. The summed E-state index contributed by atoms with van der Waals surface area (Å²) >= 11 is 0. The minimum Gasteiger partial charge on any atom is -0.508 e. The van der Waals surface area contributed by atoms with E-state index in [4.69, 9.17) is 5.11 Å². The van der Waals surface area contributed by atoms with Crippen LogP contribution in [-0.4, -0.2) is 5.11 Å². The number of hydrogen-bond acceptors (Lipinski definition) is 1. The van der Waals surface area contributed by atoms with Crippen molar-refractivity contribution >= 4 is 0 Å². The third-order valence-corrected chi connectivity index (χ3v) is 1.34. The van der Waals surface area contributed by atoms with Gasteiger partial charge >= 0.3 is 0 Å². The standard InChI is InChI=1S/C8H10O.C4H10/c1-2-7-3-5-8(9)6-4-7;1-4(2)3/h3-6,9H,2H2,1H3;4H,1-3H3. The van der Waals surface area contributed by atoms with Gasteiger partial charge in [0.1, 0.15) is 5.75 Å². The van der Waals surface area contributed by atoms with E-state index < -0.39 is 0 Å². The Labute approximate surface area is 81.4 Å². The van der Waals surface area contributed by atoms with Crippen LogP contribution in [0.4, 0.5) is 0 Å². The van der Waals surface area contributed by atoms with E-state index in [1.165, 1.54) is 5.56 Å². The molecule has 0 spiro atoms. The van der Waals surface area contributed by atoms with E-state index in [9.17, 15) is 0 Å². The van der Waals surface area contributed by atoms with Crippen LogP contribution in [-0.2, 0) is 6.42 Å². The minimum absolute atomic E-state index is 0.340. The molecule has 1 aromatic rings. The molecule has 1 N–H and O–H groups in total. The number of benzene rings is 1. The molecule has 0 aromatic heterocycles. The van der Waals surface area contributed by atoms with Crippen molar-refractivity contribution in [1.29, 1.82) is 0 Å². The van der Waals surface area contributed by atoms with Crippen molar-refractivity contribution < 1.29 is 5.11 Å². The van der Waals surface area contributed by atoms with E-state index in [0.29, 0.717) is 5.75 Å². The molecule has 0 atom stereocenters. The third kappa shape index (κ3) is 7.38. The summed E-state index contributed by atoms with van der Waals surface area (Å²) < 4.78 is 0. The fraction of sp³-hybridized carbons (Fsp3) is 0.500. The average molecular weight is 180 g/mol. The summed E-state index contributed by atoms with van der Waals surface area (Å²) in [5.74, 6) is 1.17. The number of phenols is 1. The molecule has 1 nitrogen and oxygen atoms in total. The summed E-state index contributed by atoms with van der Waals surface area (Å²) in [5.41, 5.74) is 1.26. The van der Waals surface area contributed by atoms with Crippen molar-refractivity contribution in [3.05, 3.63) is 29.8 Å². The second-order valence-corrected chi connectivity index (χ2v) is 3.75. The third-order valence-electron chi connectivity index (χ3n) is 1.34. The molecule has 74 valence electrons. The highest BCUT2D eigenvalue weighted by Gasteiger charge is 1.86. The molecule has 0 unspecified atom stereocenters. The van der Waals surface area contributed by atoms with Gasteiger partial charge in [-0.25, -0.2) is 0 Å². The van der Waals surface area contributed by atoms with Crippen LogP contribution >= 0.6 is 0 Å². The van der Waals surface area contributed by atoms with Crippen molar-refractivity contribution in [2.45, 2.75) is 34.1 Å². The summed E-state index contributed by atoms with van der Waals surface area (Å²) in [6.07, 6.45) is 1.03. The van der Waals surface area contributed by atoms with E-state index in [2.05, 4.69) is 27.7 Å². The van der Waals surface area contributed by atoms with Gasteiger partial charge in [0.15, 0.2) is 0 Å². The van der Waals surface area contributed by atoms with Gasteiger partial charge in [-0.3, -0.25) is 0 Å². The maximum atomic E-state index is 8.85. The first-order chi connectivity index (χ1) is 6.06. The Hall–Kier alpha value is -0.980. The molecule has 1 rings (SSSR count). The van der Waals surface area contributed by atoms with Crippen molar-refractivity contribution in [3.63, 3.8) is 0 Å². The Morgan fingerprint density at radius 2 is 1.46 bits per heavy atom. The lowest BCUT2D eigenvalue weighted by Crippen LogP contribution is -1.75. The van der Waals surface area contributed by atoms with Crippen molar-refractivity contribution in [1.82, 2.24) is 0 Å². The van der Waals surface area contributed by atoms with Gasteiger partial charge in [-0.1, -0.05) is 39.8 Å². The lowest BCUT2D eigenvalue weighted by atomic mass is 10.2. The lowest BCUT2D eigenvalue weighted by molar-refractivity contribution is 0.475. The van der Waals surface area contributed by atoms with Crippen LogP contribution in [0, 0.1) is 5.92 Å². The van der Waals surface area contributed by atoms with Gasteiger partial charge in [0.05, 0.1) is 0 Å². The maximum Gasteiger partial charge on any atom is 0.115 e. The number of aromatic hydroxyl groups is 1. The molecule has 0 aliphatic heterocycles. The van der Waals surface area contributed by atoms with Crippen LogP contribution in [0.2, 0.25) is 0 Å². The molecule has 0 amide bonds. The Morgan fingerprint density at radius 3 is 1.77 bits per heavy atom. The monoisotopic (exact) mass is 180 g/mol. The molecular weight excluding hydrogens is 160 g/mol. The largest absolute Gasteiger partial charge is 0.508 e. The molecular formula is C12H20O. The van der Waals surface area contributed by atoms with Crippen molar-refractivity contribution in [3.8, 4) is 5.75 Å². The van der Waals surface area contributed by atoms with E-state index >= 15 is 0 Å². The Kier molecular flexibility index (Phi) is 6.03. The predicted octanol–water partition coefficient (Wildman–Crippen LogP) is 3.62. The van der Waals surface area contributed by atoms with E-state index in [0.717, 1.165) is 12.3 Å². The van der Waals surface area contributed by atoms with Crippen LogP contribution in [0.5, 0.6) is 5.75 Å². The fourth-order valence-electron chi connectivity index (χ4n) is 0.732. The van der Waals surface area contributed by atoms with Gasteiger partial charge in [0, 0.05) is 0 Å². The van der Waals surface area contributed by atoms with Crippen LogP contribution < -0.4 is 0 Å². The zero-order valence-corrected chi connectivity index (χ0v) is 9.04. The van der Waals surface area contributed by atoms with Gasteiger partial charge < -0.3 is 5.11 Å². The molecule has 13 heavy (non-hydrogen) atoms. The molecule has 0 bridgehead atoms. The first-order valence-electron chi connectivity index (χ1n) is 4.84. The summed E-state index contributed by atoms with van der Waals surface area (Å²) in [5, 5.41) is 8.85. The highest BCUT2D eigenvalue weighted by molar-refractivity contribution is 5.25. The van der Waals surface area contributed by atoms with Gasteiger partial charge in [-0.2, -0.15) is 0 Å². The number of phenolic OH excluding ortho intramolecular Hbond substituents is 1.